The summed E-state index contributed by atoms with van der Waals surface area (Å²) < 4.78 is 5.25. The van der Waals surface area contributed by atoms with Gasteiger partial charge in [-0.25, -0.2) is 0 Å². The van der Waals surface area contributed by atoms with Crippen molar-refractivity contribution in [3.63, 3.8) is 0 Å². The molecule has 0 aromatic carbocycles. The molecule has 0 bridgehead atoms. The normalized spacial score (nSPS) is 10.1. The predicted molar refractivity (Wildman–Crippen MR) is 63.1 cm³/mol. The van der Waals surface area contributed by atoms with Crippen LogP contribution in [-0.2, 0) is 13.0 Å². The molecule has 0 saturated carbocycles. The third-order valence-corrected chi connectivity index (χ3v) is 2.38. The molecule has 1 N–H and O–H groups in total. The smallest absolute Gasteiger partial charge is 0.203 e. The number of pyridine rings is 1. The maximum absolute atomic E-state index is 8.60. The van der Waals surface area contributed by atoms with Crippen LogP contribution in [0.15, 0.2) is 41.1 Å². The van der Waals surface area contributed by atoms with Crippen LogP contribution in [0.5, 0.6) is 0 Å². The van der Waals surface area contributed by atoms with E-state index < -0.39 is 0 Å². The van der Waals surface area contributed by atoms with E-state index in [9.17, 15) is 0 Å². The highest BCUT2D eigenvalue weighted by atomic mass is 16.3. The lowest BCUT2D eigenvalue weighted by Gasteiger charge is -2.02. The first-order valence-electron chi connectivity index (χ1n) is 5.47. The van der Waals surface area contributed by atoms with Crippen LogP contribution < -0.4 is 5.32 Å². The molecule has 2 rings (SSSR count). The van der Waals surface area contributed by atoms with E-state index in [4.69, 9.17) is 9.68 Å². The standard InChI is InChI=1S/C13H13N3O/c14-8-12-3-4-13(17-12)10-16-7-5-11-2-1-6-15-9-11/h1-4,6,9,16H,5,7,10H2. The summed E-state index contributed by atoms with van der Waals surface area (Å²) in [7, 11) is 0. The van der Waals surface area contributed by atoms with E-state index in [1.165, 1.54) is 5.56 Å². The van der Waals surface area contributed by atoms with Gasteiger partial charge in [0.1, 0.15) is 11.8 Å². The van der Waals surface area contributed by atoms with Gasteiger partial charge >= 0.3 is 0 Å². The first-order chi connectivity index (χ1) is 8.38. The Kier molecular flexibility index (Phi) is 3.90. The first-order valence-corrected chi connectivity index (χ1v) is 5.47. The number of furan rings is 1. The van der Waals surface area contributed by atoms with Crippen molar-refractivity contribution in [2.75, 3.05) is 6.54 Å². The third kappa shape index (κ3) is 3.44. The van der Waals surface area contributed by atoms with E-state index in [2.05, 4.69) is 16.4 Å². The van der Waals surface area contributed by atoms with Crippen molar-refractivity contribution in [1.29, 1.82) is 5.26 Å². The van der Waals surface area contributed by atoms with E-state index in [-0.39, 0.29) is 0 Å². The van der Waals surface area contributed by atoms with Gasteiger partial charge in [0, 0.05) is 12.4 Å². The van der Waals surface area contributed by atoms with E-state index in [0.29, 0.717) is 12.3 Å². The van der Waals surface area contributed by atoms with Gasteiger partial charge in [-0.3, -0.25) is 4.98 Å². The molecule has 0 atom stereocenters. The molecule has 0 aliphatic heterocycles. The molecule has 0 aliphatic carbocycles. The molecule has 0 unspecified atom stereocenters. The van der Waals surface area contributed by atoms with Crippen LogP contribution in [0.1, 0.15) is 17.1 Å². The fourth-order valence-electron chi connectivity index (χ4n) is 1.52. The summed E-state index contributed by atoms with van der Waals surface area (Å²) >= 11 is 0. The highest BCUT2D eigenvalue weighted by Gasteiger charge is 2.00. The Labute approximate surface area is 99.9 Å². The van der Waals surface area contributed by atoms with Gasteiger partial charge in [0.25, 0.3) is 0 Å². The molecule has 4 nitrogen and oxygen atoms in total. The summed E-state index contributed by atoms with van der Waals surface area (Å²) in [6.45, 7) is 1.50. The summed E-state index contributed by atoms with van der Waals surface area (Å²) in [6, 6.07) is 9.44. The SMILES string of the molecule is N#Cc1ccc(CNCCc2cccnc2)o1. The predicted octanol–water partition coefficient (Wildman–Crippen LogP) is 1.88. The number of nitriles is 1. The summed E-state index contributed by atoms with van der Waals surface area (Å²) in [5, 5.41) is 11.9. The summed E-state index contributed by atoms with van der Waals surface area (Å²) in [5.41, 5.74) is 1.21. The maximum atomic E-state index is 8.60. The molecule has 2 heterocycles. The number of nitrogens with one attached hydrogen (secondary N) is 1. The second-order valence-corrected chi connectivity index (χ2v) is 3.67. The summed E-state index contributed by atoms with van der Waals surface area (Å²) in [5.74, 6) is 1.14. The zero-order chi connectivity index (χ0) is 11.9. The first kappa shape index (κ1) is 11.4. The van der Waals surface area contributed by atoms with Crippen LogP contribution in [0.3, 0.4) is 0 Å². The van der Waals surface area contributed by atoms with Crippen molar-refractivity contribution in [3.8, 4) is 6.07 Å². The van der Waals surface area contributed by atoms with Gasteiger partial charge in [0.05, 0.1) is 6.54 Å². The third-order valence-electron chi connectivity index (χ3n) is 2.38. The molecular formula is C13H13N3O. The monoisotopic (exact) mass is 227 g/mol. The largest absolute Gasteiger partial charge is 0.449 e. The van der Waals surface area contributed by atoms with Gasteiger partial charge in [-0.05, 0) is 36.7 Å². The molecule has 0 aliphatic rings. The summed E-state index contributed by atoms with van der Waals surface area (Å²) in [6.07, 6.45) is 4.56. The van der Waals surface area contributed by atoms with Crippen molar-refractivity contribution in [3.05, 3.63) is 53.7 Å². The summed E-state index contributed by atoms with van der Waals surface area (Å²) in [4.78, 5) is 4.05. The van der Waals surface area contributed by atoms with Crippen molar-refractivity contribution in [1.82, 2.24) is 10.3 Å². The van der Waals surface area contributed by atoms with Gasteiger partial charge in [-0.2, -0.15) is 5.26 Å². The van der Waals surface area contributed by atoms with Crippen LogP contribution in [0.25, 0.3) is 0 Å². The van der Waals surface area contributed by atoms with Crippen LogP contribution in [0.4, 0.5) is 0 Å². The van der Waals surface area contributed by atoms with Crippen LogP contribution in [0.2, 0.25) is 0 Å². The number of hydrogen-bond donors (Lipinski definition) is 1. The van der Waals surface area contributed by atoms with Crippen molar-refractivity contribution in [2.24, 2.45) is 0 Å². The number of nitrogens with zero attached hydrogens (tertiary/aromatic N) is 2. The highest BCUT2D eigenvalue weighted by Crippen LogP contribution is 2.05. The molecule has 17 heavy (non-hydrogen) atoms. The molecular weight excluding hydrogens is 214 g/mol. The molecule has 4 heteroatoms. The lowest BCUT2D eigenvalue weighted by atomic mass is 10.2. The highest BCUT2D eigenvalue weighted by molar-refractivity contribution is 5.19. The molecule has 86 valence electrons. The van der Waals surface area contributed by atoms with Crippen molar-refractivity contribution in [2.45, 2.75) is 13.0 Å². The number of rotatable bonds is 5. The van der Waals surface area contributed by atoms with E-state index in [1.54, 1.807) is 12.3 Å². The Hall–Kier alpha value is -2.12. The Morgan fingerprint density at radius 3 is 3.00 bits per heavy atom. The lowest BCUT2D eigenvalue weighted by molar-refractivity contribution is 0.475. The number of hydrogen-bond acceptors (Lipinski definition) is 4. The van der Waals surface area contributed by atoms with Crippen LogP contribution in [-0.4, -0.2) is 11.5 Å². The Bertz CT molecular complexity index is 499. The van der Waals surface area contributed by atoms with E-state index >= 15 is 0 Å². The molecule has 0 fully saturated rings. The zero-order valence-corrected chi connectivity index (χ0v) is 9.39. The Morgan fingerprint density at radius 1 is 1.35 bits per heavy atom. The topological polar surface area (TPSA) is 61.9 Å². The van der Waals surface area contributed by atoms with Crippen LogP contribution in [0, 0.1) is 11.3 Å². The van der Waals surface area contributed by atoms with Gasteiger partial charge < -0.3 is 9.73 Å². The van der Waals surface area contributed by atoms with Gasteiger partial charge in [0.15, 0.2) is 0 Å². The second-order valence-electron chi connectivity index (χ2n) is 3.67. The molecule has 0 radical (unpaired) electrons. The fraction of sp³-hybridized carbons (Fsp3) is 0.231. The molecule has 2 aromatic heterocycles. The van der Waals surface area contributed by atoms with Crippen molar-refractivity contribution < 1.29 is 4.42 Å². The quantitative estimate of drug-likeness (QED) is 0.792. The number of aromatic nitrogens is 1. The molecule has 2 aromatic rings. The Balaban J connectivity index is 1.72. The van der Waals surface area contributed by atoms with Gasteiger partial charge in [-0.1, -0.05) is 6.07 Å². The molecule has 0 amide bonds. The molecule has 0 saturated heterocycles. The minimum atomic E-state index is 0.356. The van der Waals surface area contributed by atoms with E-state index in [1.807, 2.05) is 24.4 Å². The van der Waals surface area contributed by atoms with Gasteiger partial charge in [-0.15, -0.1) is 0 Å². The second kappa shape index (κ2) is 5.83. The average molecular weight is 227 g/mol. The minimum Gasteiger partial charge on any atom is -0.449 e. The van der Waals surface area contributed by atoms with E-state index in [0.717, 1.165) is 18.7 Å². The average Bonchev–Trinajstić information content (AvgIpc) is 2.84. The zero-order valence-electron chi connectivity index (χ0n) is 9.39. The van der Waals surface area contributed by atoms with Crippen LogP contribution >= 0.6 is 0 Å². The molecule has 0 spiro atoms. The fourth-order valence-corrected chi connectivity index (χ4v) is 1.52. The van der Waals surface area contributed by atoms with Gasteiger partial charge in [0.2, 0.25) is 5.76 Å². The van der Waals surface area contributed by atoms with Crippen molar-refractivity contribution >= 4 is 0 Å². The minimum absolute atomic E-state index is 0.356. The lowest BCUT2D eigenvalue weighted by Crippen LogP contribution is -2.16. The Morgan fingerprint density at radius 2 is 2.29 bits per heavy atom. The maximum Gasteiger partial charge on any atom is 0.203 e.